The summed E-state index contributed by atoms with van der Waals surface area (Å²) < 4.78 is 5.99. The molecule has 7 heteroatoms. The van der Waals surface area contributed by atoms with E-state index in [1.165, 1.54) is 0 Å². The Labute approximate surface area is 194 Å². The molecule has 2 aromatic carbocycles. The number of para-hydroxylation sites is 1. The summed E-state index contributed by atoms with van der Waals surface area (Å²) in [6, 6.07) is 13.2. The van der Waals surface area contributed by atoms with E-state index in [0.29, 0.717) is 29.6 Å². The zero-order chi connectivity index (χ0) is 22.8. The highest BCUT2D eigenvalue weighted by Crippen LogP contribution is 2.28. The van der Waals surface area contributed by atoms with Crippen molar-refractivity contribution in [3.63, 3.8) is 0 Å². The average Bonchev–Trinajstić information content (AvgIpc) is 3.26. The molecule has 3 rings (SSSR count). The fourth-order valence-corrected chi connectivity index (χ4v) is 3.47. The number of carbonyl (C=O) groups excluding carboxylic acids is 1. The molecule has 0 aliphatic carbocycles. The predicted molar refractivity (Wildman–Crippen MR) is 131 cm³/mol. The molecule has 170 valence electrons. The van der Waals surface area contributed by atoms with Crippen LogP contribution in [0.1, 0.15) is 44.0 Å². The fourth-order valence-electron chi connectivity index (χ4n) is 3.34. The fraction of sp³-hybridized carbons (Fsp3) is 0.360. The SMILES string of the molecule is CCCCCNC(=O)Nc1c(C)cccc1OCCCc1ncc(-c2ccc(Cl)cc2)[nH]1. The molecule has 0 bridgehead atoms. The number of urea groups is 1. The van der Waals surface area contributed by atoms with Crippen LogP contribution in [0.4, 0.5) is 10.5 Å². The molecule has 1 heterocycles. The molecule has 6 nitrogen and oxygen atoms in total. The van der Waals surface area contributed by atoms with Crippen molar-refractivity contribution < 1.29 is 9.53 Å². The Kier molecular flexibility index (Phi) is 8.99. The van der Waals surface area contributed by atoms with E-state index in [2.05, 4.69) is 27.5 Å². The number of ether oxygens (including phenoxy) is 1. The number of aromatic amines is 1. The van der Waals surface area contributed by atoms with Crippen LogP contribution in [0.2, 0.25) is 5.02 Å². The highest BCUT2D eigenvalue weighted by Gasteiger charge is 2.11. The summed E-state index contributed by atoms with van der Waals surface area (Å²) in [6.07, 6.45) is 6.61. The van der Waals surface area contributed by atoms with E-state index >= 15 is 0 Å². The number of benzene rings is 2. The number of imidazole rings is 1. The maximum Gasteiger partial charge on any atom is 0.319 e. The van der Waals surface area contributed by atoms with E-state index in [1.807, 2.05) is 55.6 Å². The molecule has 0 fully saturated rings. The minimum atomic E-state index is -0.203. The van der Waals surface area contributed by atoms with Gasteiger partial charge in [-0.15, -0.1) is 0 Å². The summed E-state index contributed by atoms with van der Waals surface area (Å²) >= 11 is 5.96. The van der Waals surface area contributed by atoms with Gasteiger partial charge in [0.1, 0.15) is 11.6 Å². The summed E-state index contributed by atoms with van der Waals surface area (Å²) in [4.78, 5) is 20.0. The molecule has 3 N–H and O–H groups in total. The monoisotopic (exact) mass is 454 g/mol. The Morgan fingerprint density at radius 3 is 2.72 bits per heavy atom. The third-order valence-electron chi connectivity index (χ3n) is 5.14. The molecule has 0 aliphatic rings. The standard InChI is InChI=1S/C25H31ClN4O2/c1-3-4-5-15-27-25(31)30-24-18(2)8-6-9-22(24)32-16-7-10-23-28-17-21(29-23)19-11-13-20(26)14-12-19/h6,8-9,11-14,17H,3-5,7,10,15-16H2,1-2H3,(H,28,29)(H2,27,30,31). The van der Waals surface area contributed by atoms with Gasteiger partial charge in [-0.25, -0.2) is 9.78 Å². The Bertz CT molecular complexity index is 1000. The number of rotatable bonds is 11. The average molecular weight is 455 g/mol. The van der Waals surface area contributed by atoms with Gasteiger partial charge in [-0.05, 0) is 49.1 Å². The lowest BCUT2D eigenvalue weighted by Crippen LogP contribution is -2.30. The van der Waals surface area contributed by atoms with Crippen molar-refractivity contribution in [3.8, 4) is 17.0 Å². The van der Waals surface area contributed by atoms with Crippen molar-refractivity contribution in [2.75, 3.05) is 18.5 Å². The van der Waals surface area contributed by atoms with E-state index in [9.17, 15) is 4.79 Å². The number of aromatic nitrogens is 2. The molecule has 0 saturated carbocycles. The summed E-state index contributed by atoms with van der Waals surface area (Å²) in [5.74, 6) is 1.59. The molecule has 0 unspecified atom stereocenters. The van der Waals surface area contributed by atoms with Crippen LogP contribution in [0.3, 0.4) is 0 Å². The highest BCUT2D eigenvalue weighted by atomic mass is 35.5. The molecule has 3 aromatic rings. The van der Waals surface area contributed by atoms with Gasteiger partial charge in [0.2, 0.25) is 0 Å². The number of hydrogen-bond acceptors (Lipinski definition) is 3. The number of amides is 2. The van der Waals surface area contributed by atoms with Crippen LogP contribution in [0.25, 0.3) is 11.3 Å². The van der Waals surface area contributed by atoms with Crippen LogP contribution in [0.5, 0.6) is 5.75 Å². The molecule has 1 aromatic heterocycles. The summed E-state index contributed by atoms with van der Waals surface area (Å²) in [7, 11) is 0. The number of nitrogens with zero attached hydrogens (tertiary/aromatic N) is 1. The second-order valence-corrected chi connectivity index (χ2v) is 8.17. The summed E-state index contributed by atoms with van der Waals surface area (Å²) in [5.41, 5.74) is 3.69. The van der Waals surface area contributed by atoms with Crippen molar-refractivity contribution >= 4 is 23.3 Å². The number of unbranched alkanes of at least 4 members (excludes halogenated alkanes) is 2. The normalized spacial score (nSPS) is 10.7. The third kappa shape index (κ3) is 7.02. The zero-order valence-corrected chi connectivity index (χ0v) is 19.5. The van der Waals surface area contributed by atoms with Crippen LogP contribution in [-0.4, -0.2) is 29.2 Å². The molecule has 0 saturated heterocycles. The van der Waals surface area contributed by atoms with Crippen LogP contribution >= 0.6 is 11.6 Å². The maximum atomic E-state index is 12.2. The lowest BCUT2D eigenvalue weighted by atomic mass is 10.2. The Balaban J connectivity index is 1.49. The van der Waals surface area contributed by atoms with Gasteiger partial charge in [0, 0.05) is 18.0 Å². The number of anilines is 1. The van der Waals surface area contributed by atoms with Gasteiger partial charge in [0.05, 0.1) is 24.2 Å². The largest absolute Gasteiger partial charge is 0.491 e. The first kappa shape index (κ1) is 23.7. The van der Waals surface area contributed by atoms with Crippen LogP contribution < -0.4 is 15.4 Å². The smallest absolute Gasteiger partial charge is 0.319 e. The van der Waals surface area contributed by atoms with Gasteiger partial charge in [-0.2, -0.15) is 0 Å². The van der Waals surface area contributed by atoms with Gasteiger partial charge in [-0.3, -0.25) is 0 Å². The van der Waals surface area contributed by atoms with Crippen LogP contribution in [0.15, 0.2) is 48.7 Å². The Morgan fingerprint density at radius 2 is 1.94 bits per heavy atom. The molecule has 0 spiro atoms. The van der Waals surface area contributed by atoms with Gasteiger partial charge in [0.25, 0.3) is 0 Å². The van der Waals surface area contributed by atoms with Gasteiger partial charge in [-0.1, -0.05) is 55.6 Å². The van der Waals surface area contributed by atoms with E-state index in [-0.39, 0.29) is 6.03 Å². The molecular formula is C25H31ClN4O2. The van der Waals surface area contributed by atoms with Gasteiger partial charge < -0.3 is 20.4 Å². The number of hydrogen-bond donors (Lipinski definition) is 3. The van der Waals surface area contributed by atoms with Crippen LogP contribution in [-0.2, 0) is 6.42 Å². The molecule has 0 atom stereocenters. The van der Waals surface area contributed by atoms with Crippen molar-refractivity contribution in [2.45, 2.75) is 46.0 Å². The van der Waals surface area contributed by atoms with Crippen LogP contribution in [0, 0.1) is 6.92 Å². The summed E-state index contributed by atoms with van der Waals surface area (Å²) in [6.45, 7) is 5.29. The zero-order valence-electron chi connectivity index (χ0n) is 18.7. The predicted octanol–water partition coefficient (Wildman–Crippen LogP) is 6.36. The van der Waals surface area contributed by atoms with E-state index in [1.54, 1.807) is 0 Å². The number of H-pyrrole nitrogens is 1. The molecule has 2 amide bonds. The van der Waals surface area contributed by atoms with Crippen molar-refractivity contribution in [3.05, 3.63) is 65.1 Å². The van der Waals surface area contributed by atoms with Crippen molar-refractivity contribution in [2.24, 2.45) is 0 Å². The van der Waals surface area contributed by atoms with Gasteiger partial charge >= 0.3 is 6.03 Å². The van der Waals surface area contributed by atoms with Crippen molar-refractivity contribution in [1.82, 2.24) is 15.3 Å². The topological polar surface area (TPSA) is 79.0 Å². The second-order valence-electron chi connectivity index (χ2n) is 7.74. The molecular weight excluding hydrogens is 424 g/mol. The van der Waals surface area contributed by atoms with Crippen molar-refractivity contribution in [1.29, 1.82) is 0 Å². The number of halogens is 1. The summed E-state index contributed by atoms with van der Waals surface area (Å²) in [5, 5.41) is 6.55. The first-order valence-corrected chi connectivity index (χ1v) is 11.5. The molecule has 32 heavy (non-hydrogen) atoms. The number of nitrogens with one attached hydrogen (secondary N) is 3. The first-order valence-electron chi connectivity index (χ1n) is 11.1. The molecule has 0 radical (unpaired) electrons. The van der Waals surface area contributed by atoms with E-state index in [4.69, 9.17) is 16.3 Å². The van der Waals surface area contributed by atoms with E-state index in [0.717, 1.165) is 54.7 Å². The lowest BCUT2D eigenvalue weighted by Gasteiger charge is -2.15. The van der Waals surface area contributed by atoms with Gasteiger partial charge in [0.15, 0.2) is 0 Å². The number of carbonyl (C=O) groups is 1. The number of aryl methyl sites for hydroxylation is 2. The quantitative estimate of drug-likeness (QED) is 0.295. The van der Waals surface area contributed by atoms with E-state index < -0.39 is 0 Å². The highest BCUT2D eigenvalue weighted by molar-refractivity contribution is 6.30. The Hall–Kier alpha value is -2.99. The third-order valence-corrected chi connectivity index (χ3v) is 5.39. The first-order chi connectivity index (χ1) is 15.6. The second kappa shape index (κ2) is 12.2. The molecule has 0 aliphatic heterocycles. The Morgan fingerprint density at radius 1 is 1.12 bits per heavy atom. The maximum absolute atomic E-state index is 12.2. The lowest BCUT2D eigenvalue weighted by molar-refractivity contribution is 0.251. The minimum absolute atomic E-state index is 0.203. The minimum Gasteiger partial charge on any atom is -0.491 e.